The molecule has 1 aliphatic rings. The maximum Gasteiger partial charge on any atom is 0.142 e. The van der Waals surface area contributed by atoms with Gasteiger partial charge in [0.1, 0.15) is 11.5 Å². The Balaban J connectivity index is 2.16. The second kappa shape index (κ2) is 4.43. The molecule has 1 aromatic rings. The van der Waals surface area contributed by atoms with E-state index >= 15 is 0 Å². The molecule has 15 heavy (non-hydrogen) atoms. The minimum atomic E-state index is 0.603. The molecule has 0 aliphatic heterocycles. The van der Waals surface area contributed by atoms with E-state index < -0.39 is 0 Å². The Bertz CT molecular complexity index is 334. The van der Waals surface area contributed by atoms with Crippen LogP contribution in [0.5, 0.6) is 11.5 Å². The zero-order chi connectivity index (χ0) is 10.7. The molecule has 0 unspecified atom stereocenters. The summed E-state index contributed by atoms with van der Waals surface area (Å²) in [7, 11) is 3.36. The van der Waals surface area contributed by atoms with Crippen LogP contribution in [0.25, 0.3) is 0 Å². The van der Waals surface area contributed by atoms with Crippen molar-refractivity contribution in [1.82, 2.24) is 0 Å². The highest BCUT2D eigenvalue weighted by Gasteiger charge is 2.18. The van der Waals surface area contributed by atoms with Crippen LogP contribution in [0, 0.1) is 0 Å². The number of rotatable bonds is 4. The second-order valence-electron chi connectivity index (χ2n) is 3.84. The first-order chi connectivity index (χ1) is 7.33. The fourth-order valence-electron chi connectivity index (χ4n) is 1.70. The minimum Gasteiger partial charge on any atom is -0.497 e. The van der Waals surface area contributed by atoms with Crippen LogP contribution >= 0.6 is 0 Å². The lowest BCUT2D eigenvalue weighted by molar-refractivity contribution is 0.400. The number of hydrogen-bond donors (Lipinski definition) is 1. The fraction of sp³-hybridized carbons (Fsp3) is 0.500. The Morgan fingerprint density at radius 3 is 2.53 bits per heavy atom. The van der Waals surface area contributed by atoms with Crippen molar-refractivity contribution >= 4 is 5.69 Å². The van der Waals surface area contributed by atoms with Crippen LogP contribution in [-0.4, -0.2) is 20.3 Å². The van der Waals surface area contributed by atoms with Gasteiger partial charge in [-0.25, -0.2) is 0 Å². The van der Waals surface area contributed by atoms with Crippen molar-refractivity contribution in [2.75, 3.05) is 19.5 Å². The average Bonchev–Trinajstić information content (AvgIpc) is 2.23. The molecule has 2 rings (SSSR count). The summed E-state index contributed by atoms with van der Waals surface area (Å²) in [6.45, 7) is 0. The van der Waals surface area contributed by atoms with Crippen molar-refractivity contribution in [2.45, 2.75) is 25.3 Å². The summed E-state index contributed by atoms with van der Waals surface area (Å²) in [4.78, 5) is 0. The lowest BCUT2D eigenvalue weighted by Crippen LogP contribution is -2.27. The van der Waals surface area contributed by atoms with Gasteiger partial charge < -0.3 is 14.8 Å². The summed E-state index contributed by atoms with van der Waals surface area (Å²) in [5, 5.41) is 3.47. The van der Waals surface area contributed by atoms with E-state index in [2.05, 4.69) is 5.32 Å². The molecule has 1 aromatic carbocycles. The number of benzene rings is 1. The normalized spacial score (nSPS) is 15.6. The molecule has 0 atom stereocenters. The smallest absolute Gasteiger partial charge is 0.142 e. The zero-order valence-corrected chi connectivity index (χ0v) is 9.25. The SMILES string of the molecule is COc1ccc(OC)c(NC2CCC2)c1. The van der Waals surface area contributed by atoms with Crippen molar-refractivity contribution in [3.05, 3.63) is 18.2 Å². The molecule has 0 bridgehead atoms. The molecule has 0 heterocycles. The number of ether oxygens (including phenoxy) is 2. The van der Waals surface area contributed by atoms with E-state index in [1.165, 1.54) is 19.3 Å². The lowest BCUT2D eigenvalue weighted by atomic mass is 9.93. The summed E-state index contributed by atoms with van der Waals surface area (Å²) in [5.74, 6) is 1.74. The van der Waals surface area contributed by atoms with Crippen molar-refractivity contribution < 1.29 is 9.47 Å². The summed E-state index contributed by atoms with van der Waals surface area (Å²) in [6, 6.07) is 6.42. The van der Waals surface area contributed by atoms with E-state index in [1.54, 1.807) is 14.2 Å². The quantitative estimate of drug-likeness (QED) is 0.823. The molecule has 1 N–H and O–H groups in total. The van der Waals surface area contributed by atoms with E-state index in [4.69, 9.17) is 9.47 Å². The first-order valence-corrected chi connectivity index (χ1v) is 5.32. The number of anilines is 1. The van der Waals surface area contributed by atoms with Gasteiger partial charge in [0.15, 0.2) is 0 Å². The van der Waals surface area contributed by atoms with Gasteiger partial charge >= 0.3 is 0 Å². The predicted octanol–water partition coefficient (Wildman–Crippen LogP) is 2.67. The van der Waals surface area contributed by atoms with Gasteiger partial charge in [-0.05, 0) is 31.4 Å². The molecule has 1 fully saturated rings. The van der Waals surface area contributed by atoms with Crippen LogP contribution in [0.15, 0.2) is 18.2 Å². The van der Waals surface area contributed by atoms with Crippen molar-refractivity contribution in [2.24, 2.45) is 0 Å². The maximum absolute atomic E-state index is 5.30. The van der Waals surface area contributed by atoms with Crippen LogP contribution in [0.2, 0.25) is 0 Å². The Labute approximate surface area is 90.4 Å². The first-order valence-electron chi connectivity index (χ1n) is 5.32. The maximum atomic E-state index is 5.30. The van der Waals surface area contributed by atoms with Crippen molar-refractivity contribution in [3.63, 3.8) is 0 Å². The Morgan fingerprint density at radius 1 is 1.20 bits per heavy atom. The van der Waals surface area contributed by atoms with Gasteiger partial charge in [-0.2, -0.15) is 0 Å². The second-order valence-corrected chi connectivity index (χ2v) is 3.84. The van der Waals surface area contributed by atoms with Crippen LogP contribution in [0.1, 0.15) is 19.3 Å². The molecular formula is C12H17NO2. The van der Waals surface area contributed by atoms with Crippen LogP contribution in [0.3, 0.4) is 0 Å². The number of nitrogens with one attached hydrogen (secondary N) is 1. The van der Waals surface area contributed by atoms with Gasteiger partial charge in [0, 0.05) is 12.1 Å². The third-order valence-electron chi connectivity index (χ3n) is 2.87. The predicted molar refractivity (Wildman–Crippen MR) is 60.8 cm³/mol. The topological polar surface area (TPSA) is 30.5 Å². The van der Waals surface area contributed by atoms with Crippen molar-refractivity contribution in [1.29, 1.82) is 0 Å². The van der Waals surface area contributed by atoms with Gasteiger partial charge in [-0.15, -0.1) is 0 Å². The van der Waals surface area contributed by atoms with E-state index in [-0.39, 0.29) is 0 Å². The summed E-state index contributed by atoms with van der Waals surface area (Å²) in [5.41, 5.74) is 1.03. The first kappa shape index (κ1) is 10.1. The zero-order valence-electron chi connectivity index (χ0n) is 9.25. The van der Waals surface area contributed by atoms with Gasteiger partial charge in [0.2, 0.25) is 0 Å². The average molecular weight is 207 g/mol. The van der Waals surface area contributed by atoms with Gasteiger partial charge in [-0.1, -0.05) is 0 Å². The highest BCUT2D eigenvalue weighted by atomic mass is 16.5. The molecule has 1 aliphatic carbocycles. The standard InChI is InChI=1S/C12H17NO2/c1-14-10-6-7-12(15-2)11(8-10)13-9-4-3-5-9/h6-9,13H,3-5H2,1-2H3. The lowest BCUT2D eigenvalue weighted by Gasteiger charge is -2.28. The van der Waals surface area contributed by atoms with Crippen LogP contribution in [0.4, 0.5) is 5.69 Å². The summed E-state index contributed by atoms with van der Waals surface area (Å²) in [6.07, 6.45) is 3.82. The third kappa shape index (κ3) is 2.17. The van der Waals surface area contributed by atoms with Gasteiger partial charge in [0.25, 0.3) is 0 Å². The Morgan fingerprint density at radius 2 is 2.00 bits per heavy atom. The minimum absolute atomic E-state index is 0.603. The third-order valence-corrected chi connectivity index (χ3v) is 2.87. The van der Waals surface area contributed by atoms with E-state index in [0.717, 1.165) is 17.2 Å². The fourth-order valence-corrected chi connectivity index (χ4v) is 1.70. The highest BCUT2D eigenvalue weighted by molar-refractivity contribution is 5.60. The molecular weight excluding hydrogens is 190 g/mol. The summed E-state index contributed by atoms with van der Waals surface area (Å²) < 4.78 is 10.5. The van der Waals surface area contributed by atoms with Crippen molar-refractivity contribution in [3.8, 4) is 11.5 Å². The Hall–Kier alpha value is -1.38. The van der Waals surface area contributed by atoms with Gasteiger partial charge in [0.05, 0.1) is 19.9 Å². The monoisotopic (exact) mass is 207 g/mol. The molecule has 0 spiro atoms. The van der Waals surface area contributed by atoms with Crippen LogP contribution < -0.4 is 14.8 Å². The summed E-state index contributed by atoms with van der Waals surface area (Å²) >= 11 is 0. The van der Waals surface area contributed by atoms with Crippen LogP contribution in [-0.2, 0) is 0 Å². The van der Waals surface area contributed by atoms with E-state index in [9.17, 15) is 0 Å². The molecule has 0 saturated heterocycles. The molecule has 3 heteroatoms. The van der Waals surface area contributed by atoms with E-state index in [0.29, 0.717) is 6.04 Å². The molecule has 3 nitrogen and oxygen atoms in total. The number of methoxy groups -OCH3 is 2. The largest absolute Gasteiger partial charge is 0.497 e. The molecule has 82 valence electrons. The van der Waals surface area contributed by atoms with Gasteiger partial charge in [-0.3, -0.25) is 0 Å². The molecule has 1 saturated carbocycles. The Kier molecular flexibility index (Phi) is 2.99. The number of hydrogen-bond acceptors (Lipinski definition) is 3. The molecule has 0 amide bonds. The van der Waals surface area contributed by atoms with E-state index in [1.807, 2.05) is 18.2 Å². The molecule has 0 aromatic heterocycles. The highest BCUT2D eigenvalue weighted by Crippen LogP contribution is 2.32. The molecule has 0 radical (unpaired) electrons.